The molecule has 0 aliphatic heterocycles. The van der Waals surface area contributed by atoms with Gasteiger partial charge in [-0.3, -0.25) is 0 Å². The van der Waals surface area contributed by atoms with Gasteiger partial charge in [0.15, 0.2) is 0 Å². The van der Waals surface area contributed by atoms with Crippen LogP contribution in [0.4, 0.5) is 11.4 Å². The smallest absolute Gasteiger partial charge is 0.330 e. The van der Waals surface area contributed by atoms with Crippen LogP contribution in [-0.2, 0) is 27.5 Å². The maximum absolute atomic E-state index is 11.3. The zero-order chi connectivity index (χ0) is 16.8. The highest BCUT2D eigenvalue weighted by Crippen LogP contribution is 2.31. The molecule has 0 atom stereocenters. The number of benzene rings is 2. The summed E-state index contributed by atoms with van der Waals surface area (Å²) >= 11 is 0. The molecule has 2 aromatic carbocycles. The van der Waals surface area contributed by atoms with E-state index in [2.05, 4.69) is 6.58 Å². The highest BCUT2D eigenvalue weighted by Gasteiger charge is 2.12. The first kappa shape index (κ1) is 16.6. The van der Waals surface area contributed by atoms with Crippen molar-refractivity contribution >= 4 is 17.3 Å². The largest absolute Gasteiger partial charge is 0.458 e. The summed E-state index contributed by atoms with van der Waals surface area (Å²) in [6.45, 7) is 3.93. The Morgan fingerprint density at radius 3 is 2.04 bits per heavy atom. The molecule has 0 saturated heterocycles. The lowest BCUT2D eigenvalue weighted by Crippen LogP contribution is -2.04. The van der Waals surface area contributed by atoms with Gasteiger partial charge in [-0.15, -0.1) is 0 Å². The molecule has 0 aromatic heterocycles. The summed E-state index contributed by atoms with van der Waals surface area (Å²) in [5.74, 6) is -0.479. The molecule has 5 nitrogen and oxygen atoms in total. The van der Waals surface area contributed by atoms with Crippen molar-refractivity contribution in [3.63, 3.8) is 0 Å². The minimum absolute atomic E-state index is 0.113. The summed E-state index contributed by atoms with van der Waals surface area (Å²) in [5.41, 5.74) is 16.6. The fourth-order valence-electron chi connectivity index (χ4n) is 2.35. The fraction of sp³-hybridized carbons (Fsp3) is 0.167. The average Bonchev–Trinajstić information content (AvgIpc) is 2.54. The molecule has 0 fully saturated rings. The van der Waals surface area contributed by atoms with Crippen molar-refractivity contribution in [2.24, 2.45) is 0 Å². The number of methoxy groups -OCH3 is 1. The van der Waals surface area contributed by atoms with Crippen LogP contribution in [0.1, 0.15) is 11.1 Å². The molecule has 0 radical (unpaired) electrons. The molecule has 0 spiro atoms. The van der Waals surface area contributed by atoms with E-state index in [-0.39, 0.29) is 6.61 Å². The lowest BCUT2D eigenvalue weighted by molar-refractivity contribution is -0.138. The molecule has 2 rings (SSSR count). The van der Waals surface area contributed by atoms with Crippen LogP contribution >= 0.6 is 0 Å². The molecule has 0 unspecified atom stereocenters. The number of rotatable bonds is 6. The molecule has 0 bridgehead atoms. The molecule has 0 heterocycles. The summed E-state index contributed by atoms with van der Waals surface area (Å²) in [4.78, 5) is 11.3. The lowest BCUT2D eigenvalue weighted by Gasteiger charge is -2.15. The van der Waals surface area contributed by atoms with E-state index >= 15 is 0 Å². The number of carbonyl (C=O) groups is 1. The molecule has 120 valence electrons. The van der Waals surface area contributed by atoms with Gasteiger partial charge in [0.25, 0.3) is 0 Å². The van der Waals surface area contributed by atoms with Crippen molar-refractivity contribution in [2.75, 3.05) is 18.6 Å². The fourth-order valence-corrected chi connectivity index (χ4v) is 2.35. The van der Waals surface area contributed by atoms with Crippen LogP contribution in [-0.4, -0.2) is 13.1 Å². The molecule has 2 aromatic rings. The molecule has 5 heteroatoms. The van der Waals surface area contributed by atoms with E-state index in [1.165, 1.54) is 0 Å². The monoisotopic (exact) mass is 312 g/mol. The number of nitrogen functional groups attached to an aromatic ring is 2. The Morgan fingerprint density at radius 1 is 1.04 bits per heavy atom. The number of anilines is 2. The summed E-state index contributed by atoms with van der Waals surface area (Å²) in [6, 6.07) is 11.1. The van der Waals surface area contributed by atoms with E-state index in [1.807, 2.05) is 24.3 Å². The Kier molecular flexibility index (Phi) is 5.38. The minimum atomic E-state index is -0.479. The van der Waals surface area contributed by atoms with Crippen LogP contribution in [0.5, 0.6) is 0 Å². The van der Waals surface area contributed by atoms with Gasteiger partial charge in [-0.2, -0.15) is 0 Å². The predicted octanol–water partition coefficient (Wildman–Crippen LogP) is 2.89. The van der Waals surface area contributed by atoms with Gasteiger partial charge >= 0.3 is 5.97 Å². The number of hydrogen-bond donors (Lipinski definition) is 2. The van der Waals surface area contributed by atoms with E-state index in [0.717, 1.165) is 28.3 Å². The summed E-state index contributed by atoms with van der Waals surface area (Å²) in [5, 5.41) is 0. The second-order valence-electron chi connectivity index (χ2n) is 5.08. The summed E-state index contributed by atoms with van der Waals surface area (Å²) in [6.07, 6.45) is 1.13. The maximum atomic E-state index is 11.3. The van der Waals surface area contributed by atoms with E-state index < -0.39 is 5.97 Å². The first-order chi connectivity index (χ1) is 11.0. The maximum Gasteiger partial charge on any atom is 0.330 e. The van der Waals surface area contributed by atoms with Crippen LogP contribution < -0.4 is 11.5 Å². The van der Waals surface area contributed by atoms with Crippen LogP contribution in [0.2, 0.25) is 0 Å². The lowest BCUT2D eigenvalue weighted by atomic mass is 9.95. The van der Waals surface area contributed by atoms with Crippen molar-refractivity contribution in [1.82, 2.24) is 0 Å². The van der Waals surface area contributed by atoms with Gasteiger partial charge in [-0.1, -0.05) is 18.7 Å². The Labute approximate surface area is 135 Å². The van der Waals surface area contributed by atoms with Gasteiger partial charge in [0.1, 0.15) is 6.61 Å². The van der Waals surface area contributed by atoms with Crippen LogP contribution in [0.25, 0.3) is 11.1 Å². The molecule has 4 N–H and O–H groups in total. The van der Waals surface area contributed by atoms with E-state index in [0.29, 0.717) is 18.0 Å². The van der Waals surface area contributed by atoms with Crippen molar-refractivity contribution in [1.29, 1.82) is 0 Å². The Hall–Kier alpha value is -2.79. The van der Waals surface area contributed by atoms with Crippen LogP contribution in [0.15, 0.2) is 49.1 Å². The number of esters is 1. The molecular weight excluding hydrogens is 292 g/mol. The summed E-state index contributed by atoms with van der Waals surface area (Å²) < 4.78 is 10.4. The van der Waals surface area contributed by atoms with Crippen molar-refractivity contribution in [3.05, 3.63) is 60.2 Å². The van der Waals surface area contributed by atoms with Gasteiger partial charge < -0.3 is 20.9 Å². The SMILES string of the molecule is C=CC(=O)OCc1cc(N)ccc1-c1ccc(N)cc1COC. The molecular formula is C18H20N2O3. The first-order valence-electron chi connectivity index (χ1n) is 7.10. The van der Waals surface area contributed by atoms with Gasteiger partial charge in [-0.25, -0.2) is 4.79 Å². The predicted molar refractivity (Wildman–Crippen MR) is 91.4 cm³/mol. The van der Waals surface area contributed by atoms with E-state index in [9.17, 15) is 4.79 Å². The van der Waals surface area contributed by atoms with Gasteiger partial charge in [0, 0.05) is 24.6 Å². The second-order valence-corrected chi connectivity index (χ2v) is 5.08. The summed E-state index contributed by atoms with van der Waals surface area (Å²) in [7, 11) is 1.63. The molecule has 0 saturated carbocycles. The second kappa shape index (κ2) is 7.47. The zero-order valence-electron chi connectivity index (χ0n) is 13.0. The normalized spacial score (nSPS) is 10.3. The highest BCUT2D eigenvalue weighted by atomic mass is 16.5. The van der Waals surface area contributed by atoms with Crippen LogP contribution in [0, 0.1) is 0 Å². The Balaban J connectivity index is 2.46. The third-order valence-electron chi connectivity index (χ3n) is 3.39. The third kappa shape index (κ3) is 4.11. The topological polar surface area (TPSA) is 87.6 Å². The highest BCUT2D eigenvalue weighted by molar-refractivity contribution is 5.81. The van der Waals surface area contributed by atoms with Gasteiger partial charge in [0.2, 0.25) is 0 Å². The Morgan fingerprint density at radius 2 is 1.57 bits per heavy atom. The standard InChI is InChI=1S/C18H20N2O3/c1-3-18(21)23-11-13-9-15(20)5-7-17(13)16-6-4-14(19)8-12(16)10-22-2/h3-9H,1,10-11,19-20H2,2H3. The number of ether oxygens (including phenoxy) is 2. The average molecular weight is 312 g/mol. The van der Waals surface area contributed by atoms with Crippen molar-refractivity contribution in [2.45, 2.75) is 13.2 Å². The number of hydrogen-bond acceptors (Lipinski definition) is 5. The van der Waals surface area contributed by atoms with E-state index in [4.69, 9.17) is 20.9 Å². The quantitative estimate of drug-likeness (QED) is 0.486. The van der Waals surface area contributed by atoms with E-state index in [1.54, 1.807) is 19.2 Å². The number of nitrogens with two attached hydrogens (primary N) is 2. The Bertz CT molecular complexity index is 726. The van der Waals surface area contributed by atoms with Crippen LogP contribution in [0.3, 0.4) is 0 Å². The minimum Gasteiger partial charge on any atom is -0.458 e. The van der Waals surface area contributed by atoms with Crippen molar-refractivity contribution in [3.8, 4) is 11.1 Å². The van der Waals surface area contributed by atoms with Gasteiger partial charge in [0.05, 0.1) is 6.61 Å². The van der Waals surface area contributed by atoms with Gasteiger partial charge in [-0.05, 0) is 46.5 Å². The first-order valence-corrected chi connectivity index (χ1v) is 7.10. The molecule has 0 aliphatic carbocycles. The number of carbonyl (C=O) groups excluding carboxylic acids is 1. The van der Waals surface area contributed by atoms with Crippen molar-refractivity contribution < 1.29 is 14.3 Å². The third-order valence-corrected chi connectivity index (χ3v) is 3.39. The molecule has 23 heavy (non-hydrogen) atoms. The molecule has 0 aliphatic rings. The zero-order valence-corrected chi connectivity index (χ0v) is 13.0. The molecule has 0 amide bonds.